The molecule has 1 radical (unpaired) electrons. The molecule has 0 spiro atoms. The van der Waals surface area contributed by atoms with Crippen LogP contribution < -0.4 is 0 Å². The molecule has 1 aromatic rings. The number of nitriles is 1. The van der Waals surface area contributed by atoms with Gasteiger partial charge in [-0.25, -0.2) is 0 Å². The zero-order valence-electron chi connectivity index (χ0n) is 5.78. The summed E-state index contributed by atoms with van der Waals surface area (Å²) in [6.45, 7) is 0. The Kier molecular flexibility index (Phi) is 2.11. The molecule has 0 aromatic heterocycles. The highest BCUT2D eigenvalue weighted by Gasteiger charge is 2.15. The summed E-state index contributed by atoms with van der Waals surface area (Å²) in [7, 11) is -4.80. The summed E-state index contributed by atoms with van der Waals surface area (Å²) in [4.78, 5) is -0.632. The Hall–Kier alpha value is -1.41. The van der Waals surface area contributed by atoms with E-state index in [1.54, 1.807) is 0 Å². The van der Waals surface area contributed by atoms with Gasteiger partial charge in [0, 0.05) is 6.07 Å². The molecule has 0 saturated carbocycles. The van der Waals surface area contributed by atoms with Gasteiger partial charge in [0.15, 0.2) is 0 Å². The maximum Gasteiger partial charge on any atom is 0.333 e. The maximum absolute atomic E-state index is 12.4. The van der Waals surface area contributed by atoms with Gasteiger partial charge in [0.1, 0.15) is 11.0 Å². The Morgan fingerprint density at radius 1 is 1.58 bits per heavy atom. The van der Waals surface area contributed by atoms with Crippen LogP contribution in [-0.4, -0.2) is 8.42 Å². The molecule has 0 aliphatic carbocycles. The standard InChI is InChI=1S/C7H3FNO2S/c8-12(10,11)7-4-2-1-3-6(7)5-9/h1-2,4H. The van der Waals surface area contributed by atoms with Crippen LogP contribution in [0.2, 0.25) is 0 Å². The van der Waals surface area contributed by atoms with Crippen molar-refractivity contribution in [3.05, 3.63) is 29.8 Å². The van der Waals surface area contributed by atoms with Crippen molar-refractivity contribution in [3.63, 3.8) is 0 Å². The Bertz CT molecular complexity index is 433. The van der Waals surface area contributed by atoms with Gasteiger partial charge in [-0.3, -0.25) is 0 Å². The molecule has 0 atom stereocenters. The molecule has 0 aliphatic rings. The monoisotopic (exact) mass is 184 g/mol. The molecule has 0 N–H and O–H groups in total. The fraction of sp³-hybridized carbons (Fsp3) is 0. The SMILES string of the molecule is N#Cc1[c]cccc1S(=O)(=O)F. The summed E-state index contributed by atoms with van der Waals surface area (Å²) in [5.41, 5.74) is -0.306. The van der Waals surface area contributed by atoms with Crippen LogP contribution in [0.5, 0.6) is 0 Å². The van der Waals surface area contributed by atoms with Gasteiger partial charge in [-0.15, -0.1) is 3.89 Å². The summed E-state index contributed by atoms with van der Waals surface area (Å²) in [6, 6.07) is 7.50. The zero-order chi connectivity index (χ0) is 9.19. The maximum atomic E-state index is 12.4. The number of benzene rings is 1. The highest BCUT2D eigenvalue weighted by Crippen LogP contribution is 2.15. The number of halogens is 1. The van der Waals surface area contributed by atoms with Crippen LogP contribution in [0, 0.1) is 17.4 Å². The first-order valence-corrected chi connectivity index (χ1v) is 4.29. The van der Waals surface area contributed by atoms with Gasteiger partial charge in [-0.2, -0.15) is 13.7 Å². The average Bonchev–Trinajstić information content (AvgIpc) is 2.03. The molecule has 5 heteroatoms. The van der Waals surface area contributed by atoms with Crippen molar-refractivity contribution in [2.75, 3.05) is 0 Å². The summed E-state index contributed by atoms with van der Waals surface area (Å²) >= 11 is 0. The van der Waals surface area contributed by atoms with Crippen LogP contribution in [0.3, 0.4) is 0 Å². The third-order valence-electron chi connectivity index (χ3n) is 1.19. The van der Waals surface area contributed by atoms with Crippen LogP contribution in [0.25, 0.3) is 0 Å². The lowest BCUT2D eigenvalue weighted by molar-refractivity contribution is 0.552. The summed E-state index contributed by atoms with van der Waals surface area (Å²) in [5.74, 6) is 0. The quantitative estimate of drug-likeness (QED) is 0.612. The number of hydrogen-bond donors (Lipinski definition) is 0. The summed E-state index contributed by atoms with van der Waals surface area (Å²) in [5, 5.41) is 8.37. The van der Waals surface area contributed by atoms with E-state index in [0.29, 0.717) is 0 Å². The van der Waals surface area contributed by atoms with Gasteiger partial charge in [0.05, 0.1) is 5.56 Å². The van der Waals surface area contributed by atoms with E-state index in [2.05, 4.69) is 6.07 Å². The molecule has 0 unspecified atom stereocenters. The highest BCUT2D eigenvalue weighted by molar-refractivity contribution is 7.86. The fourth-order valence-electron chi connectivity index (χ4n) is 0.712. The van der Waals surface area contributed by atoms with E-state index in [4.69, 9.17) is 5.26 Å². The largest absolute Gasteiger partial charge is 0.333 e. The molecule has 0 bridgehead atoms. The van der Waals surface area contributed by atoms with Gasteiger partial charge in [0.25, 0.3) is 0 Å². The van der Waals surface area contributed by atoms with Crippen molar-refractivity contribution in [3.8, 4) is 6.07 Å². The van der Waals surface area contributed by atoms with E-state index in [1.165, 1.54) is 18.2 Å². The second-order valence-electron chi connectivity index (χ2n) is 1.96. The third-order valence-corrected chi connectivity index (χ3v) is 2.06. The lowest BCUT2D eigenvalue weighted by Gasteiger charge is -1.94. The minimum absolute atomic E-state index is 0.306. The fourth-order valence-corrected chi connectivity index (χ4v) is 1.30. The zero-order valence-corrected chi connectivity index (χ0v) is 6.60. The van der Waals surface area contributed by atoms with Crippen molar-refractivity contribution >= 4 is 10.2 Å². The lowest BCUT2D eigenvalue weighted by atomic mass is 10.2. The molecule has 0 fully saturated rings. The van der Waals surface area contributed by atoms with Gasteiger partial charge < -0.3 is 0 Å². The number of rotatable bonds is 1. The third kappa shape index (κ3) is 1.60. The van der Waals surface area contributed by atoms with E-state index in [9.17, 15) is 12.3 Å². The van der Waals surface area contributed by atoms with Crippen LogP contribution in [0.1, 0.15) is 5.56 Å². The molecule has 61 valence electrons. The van der Waals surface area contributed by atoms with Gasteiger partial charge >= 0.3 is 10.2 Å². The second-order valence-corrected chi connectivity index (χ2v) is 3.27. The van der Waals surface area contributed by atoms with E-state index >= 15 is 0 Å². The first-order valence-electron chi connectivity index (χ1n) is 2.91. The molecule has 0 saturated heterocycles. The molecule has 0 aliphatic heterocycles. The van der Waals surface area contributed by atoms with Gasteiger partial charge in [-0.1, -0.05) is 12.1 Å². The van der Waals surface area contributed by atoms with Crippen molar-refractivity contribution in [1.29, 1.82) is 5.26 Å². The molecule has 3 nitrogen and oxygen atoms in total. The average molecular weight is 184 g/mol. The smallest absolute Gasteiger partial charge is 0.192 e. The van der Waals surface area contributed by atoms with Crippen LogP contribution in [0.4, 0.5) is 3.89 Å². The van der Waals surface area contributed by atoms with E-state index in [-0.39, 0.29) is 5.56 Å². The molecule has 12 heavy (non-hydrogen) atoms. The Balaban J connectivity index is 3.47. The van der Waals surface area contributed by atoms with E-state index in [0.717, 1.165) is 6.07 Å². The van der Waals surface area contributed by atoms with Crippen LogP contribution >= 0.6 is 0 Å². The molecular weight excluding hydrogens is 181 g/mol. The second kappa shape index (κ2) is 2.91. The first-order chi connectivity index (χ1) is 5.55. The minimum Gasteiger partial charge on any atom is -0.192 e. The molecule has 0 amide bonds. The molecular formula is C7H3FNO2S. The van der Waals surface area contributed by atoms with Crippen LogP contribution in [0.15, 0.2) is 23.1 Å². The normalized spacial score (nSPS) is 10.7. The Labute approximate surface area is 69.3 Å². The molecule has 1 aromatic carbocycles. The van der Waals surface area contributed by atoms with Gasteiger partial charge in [-0.05, 0) is 6.07 Å². The van der Waals surface area contributed by atoms with Crippen LogP contribution in [-0.2, 0) is 10.2 Å². The minimum atomic E-state index is -4.80. The Morgan fingerprint density at radius 3 is 2.67 bits per heavy atom. The van der Waals surface area contributed by atoms with Gasteiger partial charge in [0.2, 0.25) is 0 Å². The Morgan fingerprint density at radius 2 is 2.25 bits per heavy atom. The van der Waals surface area contributed by atoms with E-state index < -0.39 is 15.1 Å². The lowest BCUT2D eigenvalue weighted by Crippen LogP contribution is -1.95. The first kappa shape index (κ1) is 8.68. The predicted molar refractivity (Wildman–Crippen MR) is 38.3 cm³/mol. The predicted octanol–water partition coefficient (Wildman–Crippen LogP) is 1.02. The number of hydrogen-bond acceptors (Lipinski definition) is 3. The topological polar surface area (TPSA) is 57.9 Å². The summed E-state index contributed by atoms with van der Waals surface area (Å²) < 4.78 is 33.1. The van der Waals surface area contributed by atoms with Crippen molar-refractivity contribution in [2.45, 2.75) is 4.90 Å². The highest BCUT2D eigenvalue weighted by atomic mass is 32.3. The summed E-state index contributed by atoms with van der Waals surface area (Å²) in [6.07, 6.45) is 0. The molecule has 0 heterocycles. The van der Waals surface area contributed by atoms with Crippen molar-refractivity contribution < 1.29 is 12.3 Å². The molecule has 1 rings (SSSR count). The van der Waals surface area contributed by atoms with Crippen molar-refractivity contribution in [2.24, 2.45) is 0 Å². The number of nitrogens with zero attached hydrogens (tertiary/aromatic N) is 1. The van der Waals surface area contributed by atoms with E-state index in [1.807, 2.05) is 0 Å². The van der Waals surface area contributed by atoms with Crippen molar-refractivity contribution in [1.82, 2.24) is 0 Å².